The fraction of sp³-hybridized carbons (Fsp3) is 0.278. The van der Waals surface area contributed by atoms with Crippen LogP contribution in [0.25, 0.3) is 0 Å². The lowest BCUT2D eigenvalue weighted by Crippen LogP contribution is -2.20. The first kappa shape index (κ1) is 17.8. The Morgan fingerprint density at radius 3 is 2.74 bits per heavy atom. The van der Waals surface area contributed by atoms with Crippen molar-refractivity contribution in [3.63, 3.8) is 0 Å². The molecule has 2 aromatic rings. The number of halogens is 2. The van der Waals surface area contributed by atoms with Gasteiger partial charge in [0.05, 0.1) is 10.7 Å². The Kier molecular flexibility index (Phi) is 6.93. The Balaban J connectivity index is 1.91. The van der Waals surface area contributed by atoms with Crippen LogP contribution in [0.3, 0.4) is 0 Å². The molecule has 122 valence electrons. The molecule has 23 heavy (non-hydrogen) atoms. The van der Waals surface area contributed by atoms with E-state index in [0.717, 1.165) is 29.4 Å². The number of carbonyl (C=O) groups is 1. The summed E-state index contributed by atoms with van der Waals surface area (Å²) < 4.78 is 6.30. The zero-order chi connectivity index (χ0) is 16.7. The quantitative estimate of drug-likeness (QED) is 0.674. The number of amides is 1. The van der Waals surface area contributed by atoms with E-state index in [0.29, 0.717) is 10.8 Å². The highest BCUT2D eigenvalue weighted by atomic mass is 79.9. The predicted octanol–water partition coefficient (Wildman–Crippen LogP) is 5.46. The van der Waals surface area contributed by atoms with Gasteiger partial charge in [-0.3, -0.25) is 4.79 Å². The van der Waals surface area contributed by atoms with E-state index in [1.165, 1.54) is 5.56 Å². The van der Waals surface area contributed by atoms with Gasteiger partial charge in [0.2, 0.25) is 0 Å². The third-order valence-electron chi connectivity index (χ3n) is 3.32. The van der Waals surface area contributed by atoms with E-state index >= 15 is 0 Å². The van der Waals surface area contributed by atoms with Crippen LogP contribution in [0.15, 0.2) is 46.9 Å². The Morgan fingerprint density at radius 1 is 1.26 bits per heavy atom. The lowest BCUT2D eigenvalue weighted by Gasteiger charge is -2.11. The molecule has 0 radical (unpaired) electrons. The highest BCUT2D eigenvalue weighted by molar-refractivity contribution is 9.10. The van der Waals surface area contributed by atoms with Gasteiger partial charge >= 0.3 is 0 Å². The highest BCUT2D eigenvalue weighted by Gasteiger charge is 2.08. The molecule has 2 aromatic carbocycles. The summed E-state index contributed by atoms with van der Waals surface area (Å²) in [4.78, 5) is 12.0. The number of hydrogen-bond donors (Lipinski definition) is 1. The van der Waals surface area contributed by atoms with Gasteiger partial charge < -0.3 is 10.1 Å². The van der Waals surface area contributed by atoms with Gasteiger partial charge in [0.15, 0.2) is 6.61 Å². The number of ether oxygens (including phenoxy) is 1. The van der Waals surface area contributed by atoms with Crippen molar-refractivity contribution in [3.8, 4) is 5.75 Å². The summed E-state index contributed by atoms with van der Waals surface area (Å²) in [5, 5.41) is 3.32. The number of nitrogens with one attached hydrogen (secondary N) is 1. The second-order valence-corrected chi connectivity index (χ2v) is 6.45. The molecule has 0 aromatic heterocycles. The largest absolute Gasteiger partial charge is 0.482 e. The molecule has 0 unspecified atom stereocenters. The van der Waals surface area contributed by atoms with Crippen molar-refractivity contribution >= 4 is 39.1 Å². The molecule has 0 saturated carbocycles. The monoisotopic (exact) mass is 395 g/mol. The molecular formula is C18H19BrClNO2. The van der Waals surface area contributed by atoms with E-state index in [2.05, 4.69) is 28.2 Å². The van der Waals surface area contributed by atoms with Crippen molar-refractivity contribution in [1.29, 1.82) is 0 Å². The molecule has 0 saturated heterocycles. The number of unbranched alkanes of at least 4 members (excludes halogenated alkanes) is 1. The minimum atomic E-state index is -0.230. The fourth-order valence-electron chi connectivity index (χ4n) is 2.09. The van der Waals surface area contributed by atoms with Gasteiger partial charge in [0.25, 0.3) is 5.91 Å². The summed E-state index contributed by atoms with van der Waals surface area (Å²) in [5.74, 6) is 0.269. The summed E-state index contributed by atoms with van der Waals surface area (Å²) in [6.07, 6.45) is 3.36. The van der Waals surface area contributed by atoms with E-state index < -0.39 is 0 Å². The van der Waals surface area contributed by atoms with Crippen molar-refractivity contribution in [2.24, 2.45) is 0 Å². The van der Waals surface area contributed by atoms with Crippen LogP contribution < -0.4 is 10.1 Å². The van der Waals surface area contributed by atoms with Crippen molar-refractivity contribution in [2.45, 2.75) is 26.2 Å². The molecule has 1 N–H and O–H groups in total. The van der Waals surface area contributed by atoms with Gasteiger partial charge in [-0.1, -0.05) is 43.1 Å². The first-order valence-corrected chi connectivity index (χ1v) is 8.73. The number of benzene rings is 2. The second kappa shape index (κ2) is 8.94. The van der Waals surface area contributed by atoms with Crippen molar-refractivity contribution in [3.05, 3.63) is 57.5 Å². The van der Waals surface area contributed by atoms with Gasteiger partial charge in [0, 0.05) is 4.47 Å². The molecule has 0 spiro atoms. The van der Waals surface area contributed by atoms with Crippen LogP contribution in [-0.2, 0) is 11.2 Å². The van der Waals surface area contributed by atoms with Crippen LogP contribution in [-0.4, -0.2) is 12.5 Å². The molecule has 0 aliphatic heterocycles. The zero-order valence-corrected chi connectivity index (χ0v) is 15.3. The van der Waals surface area contributed by atoms with Crippen LogP contribution in [0.2, 0.25) is 5.02 Å². The smallest absolute Gasteiger partial charge is 0.262 e. The highest BCUT2D eigenvalue weighted by Crippen LogP contribution is 2.25. The number of para-hydroxylation sites is 1. The molecule has 5 heteroatoms. The van der Waals surface area contributed by atoms with E-state index in [-0.39, 0.29) is 12.5 Å². The Hall–Kier alpha value is -1.52. The van der Waals surface area contributed by atoms with Gasteiger partial charge in [-0.25, -0.2) is 0 Å². The molecule has 0 aliphatic rings. The minimum Gasteiger partial charge on any atom is -0.482 e. The van der Waals surface area contributed by atoms with Crippen LogP contribution in [0.5, 0.6) is 5.75 Å². The number of aryl methyl sites for hydroxylation is 1. The molecule has 2 rings (SSSR count). The van der Waals surface area contributed by atoms with Gasteiger partial charge in [-0.05, 0) is 58.6 Å². The Morgan fingerprint density at radius 2 is 2.04 bits per heavy atom. The normalized spacial score (nSPS) is 10.4. The average molecular weight is 397 g/mol. The van der Waals surface area contributed by atoms with Crippen LogP contribution >= 0.6 is 27.5 Å². The summed E-state index contributed by atoms with van der Waals surface area (Å²) in [7, 11) is 0. The minimum absolute atomic E-state index is 0.0895. The SMILES string of the molecule is CCCCc1ccc(NC(=O)COc2ccccc2Cl)c(Br)c1. The lowest BCUT2D eigenvalue weighted by atomic mass is 10.1. The van der Waals surface area contributed by atoms with Crippen LogP contribution in [0.4, 0.5) is 5.69 Å². The number of rotatable bonds is 7. The van der Waals surface area contributed by atoms with Gasteiger partial charge in [0.1, 0.15) is 5.75 Å². The standard InChI is InChI=1S/C18H19BrClNO2/c1-2-3-6-13-9-10-16(14(19)11-13)21-18(22)12-23-17-8-5-4-7-15(17)20/h4-5,7-11H,2-3,6,12H2,1H3,(H,21,22). The summed E-state index contributed by atoms with van der Waals surface area (Å²) in [6.45, 7) is 2.08. The average Bonchev–Trinajstić information content (AvgIpc) is 2.54. The number of anilines is 1. The van der Waals surface area contributed by atoms with Gasteiger partial charge in [-0.2, -0.15) is 0 Å². The Labute approximate surface area is 150 Å². The van der Waals surface area contributed by atoms with Crippen molar-refractivity contribution in [1.82, 2.24) is 0 Å². The first-order chi connectivity index (χ1) is 11.1. The first-order valence-electron chi connectivity index (χ1n) is 7.55. The summed E-state index contributed by atoms with van der Waals surface area (Å²) in [5.41, 5.74) is 1.99. The molecule has 0 atom stereocenters. The zero-order valence-electron chi connectivity index (χ0n) is 12.9. The van der Waals surface area contributed by atoms with Crippen molar-refractivity contribution < 1.29 is 9.53 Å². The maximum Gasteiger partial charge on any atom is 0.262 e. The predicted molar refractivity (Wildman–Crippen MR) is 98.3 cm³/mol. The summed E-state index contributed by atoms with van der Waals surface area (Å²) in [6, 6.07) is 13.1. The molecule has 0 bridgehead atoms. The fourth-order valence-corrected chi connectivity index (χ4v) is 2.80. The third kappa shape index (κ3) is 5.56. The molecule has 3 nitrogen and oxygen atoms in total. The Bertz CT molecular complexity index is 676. The second-order valence-electron chi connectivity index (χ2n) is 5.19. The van der Waals surface area contributed by atoms with Gasteiger partial charge in [-0.15, -0.1) is 0 Å². The van der Waals surface area contributed by atoms with E-state index in [9.17, 15) is 4.79 Å². The maximum atomic E-state index is 12.0. The van der Waals surface area contributed by atoms with Crippen LogP contribution in [0, 0.1) is 0 Å². The van der Waals surface area contributed by atoms with Crippen molar-refractivity contribution in [2.75, 3.05) is 11.9 Å². The van der Waals surface area contributed by atoms with E-state index in [1.807, 2.05) is 30.3 Å². The van der Waals surface area contributed by atoms with E-state index in [4.69, 9.17) is 16.3 Å². The van der Waals surface area contributed by atoms with E-state index in [1.54, 1.807) is 12.1 Å². The maximum absolute atomic E-state index is 12.0. The number of hydrogen-bond acceptors (Lipinski definition) is 2. The lowest BCUT2D eigenvalue weighted by molar-refractivity contribution is -0.118. The molecule has 0 heterocycles. The molecule has 1 amide bonds. The topological polar surface area (TPSA) is 38.3 Å². The third-order valence-corrected chi connectivity index (χ3v) is 4.29. The molecular weight excluding hydrogens is 378 g/mol. The summed E-state index contributed by atoms with van der Waals surface area (Å²) >= 11 is 9.49. The van der Waals surface area contributed by atoms with Crippen LogP contribution in [0.1, 0.15) is 25.3 Å². The molecule has 0 aliphatic carbocycles. The molecule has 0 fully saturated rings. The number of carbonyl (C=O) groups excluding carboxylic acids is 1.